The van der Waals surface area contributed by atoms with Gasteiger partial charge in [0.2, 0.25) is 0 Å². The molecular formula is C9H14N2OS. The summed E-state index contributed by atoms with van der Waals surface area (Å²) in [5.74, 6) is 0. The molecule has 0 amide bonds. The second kappa shape index (κ2) is 4.07. The van der Waals surface area contributed by atoms with E-state index in [1.807, 2.05) is 12.4 Å². The lowest BCUT2D eigenvalue weighted by Crippen LogP contribution is -2.37. The summed E-state index contributed by atoms with van der Waals surface area (Å²) in [5, 5.41) is 4.31. The molecule has 1 N–H and O–H groups in total. The summed E-state index contributed by atoms with van der Waals surface area (Å²) < 4.78 is 5.82. The van der Waals surface area contributed by atoms with Crippen LogP contribution < -0.4 is 10.1 Å². The lowest BCUT2D eigenvalue weighted by molar-refractivity contribution is 0.171. The molecule has 72 valence electrons. The minimum Gasteiger partial charge on any atom is -0.478 e. The van der Waals surface area contributed by atoms with Gasteiger partial charge in [-0.1, -0.05) is 11.3 Å². The van der Waals surface area contributed by atoms with Gasteiger partial charge in [0, 0.05) is 6.54 Å². The van der Waals surface area contributed by atoms with Crippen LogP contribution in [0.3, 0.4) is 0 Å². The van der Waals surface area contributed by atoms with E-state index in [0.29, 0.717) is 6.10 Å². The van der Waals surface area contributed by atoms with Gasteiger partial charge in [0.1, 0.15) is 6.10 Å². The monoisotopic (exact) mass is 198 g/mol. The van der Waals surface area contributed by atoms with Gasteiger partial charge in [0.25, 0.3) is 0 Å². The molecule has 0 saturated carbocycles. The zero-order valence-corrected chi connectivity index (χ0v) is 8.56. The second-order valence-corrected chi connectivity index (χ2v) is 4.13. The Morgan fingerprint density at radius 1 is 1.69 bits per heavy atom. The van der Waals surface area contributed by atoms with Crippen LogP contribution in [0.15, 0.2) is 5.51 Å². The highest BCUT2D eigenvalue weighted by Crippen LogP contribution is 2.24. The first kappa shape index (κ1) is 8.97. The Hall–Kier alpha value is -0.610. The van der Waals surface area contributed by atoms with Crippen LogP contribution in [0.2, 0.25) is 0 Å². The molecule has 13 heavy (non-hydrogen) atoms. The van der Waals surface area contributed by atoms with Crippen molar-refractivity contribution in [2.75, 3.05) is 13.1 Å². The highest BCUT2D eigenvalue weighted by atomic mass is 32.1. The van der Waals surface area contributed by atoms with Crippen molar-refractivity contribution >= 4 is 11.3 Å². The highest BCUT2D eigenvalue weighted by Gasteiger charge is 2.15. The number of hydrogen-bond acceptors (Lipinski definition) is 4. The van der Waals surface area contributed by atoms with Crippen LogP contribution in [0.1, 0.15) is 18.5 Å². The molecule has 2 rings (SSSR count). The Balaban J connectivity index is 1.93. The summed E-state index contributed by atoms with van der Waals surface area (Å²) in [4.78, 5) is 4.16. The van der Waals surface area contributed by atoms with E-state index >= 15 is 0 Å². The molecular weight excluding hydrogens is 184 g/mol. The molecule has 4 heteroatoms. The van der Waals surface area contributed by atoms with E-state index in [4.69, 9.17) is 4.74 Å². The van der Waals surface area contributed by atoms with Crippen molar-refractivity contribution in [2.45, 2.75) is 25.9 Å². The normalized spacial score (nSPS) is 23.0. The number of nitrogens with zero attached hydrogens (tertiary/aromatic N) is 1. The Bertz CT molecular complexity index is 268. The Morgan fingerprint density at radius 3 is 3.23 bits per heavy atom. The van der Waals surface area contributed by atoms with Crippen LogP contribution in [0, 0.1) is 6.92 Å². The van der Waals surface area contributed by atoms with Crippen LogP contribution >= 0.6 is 11.3 Å². The van der Waals surface area contributed by atoms with Crippen LogP contribution in [-0.2, 0) is 0 Å². The van der Waals surface area contributed by atoms with Gasteiger partial charge in [-0.3, -0.25) is 0 Å². The molecule has 0 aromatic carbocycles. The fourth-order valence-electron chi connectivity index (χ4n) is 1.48. The van der Waals surface area contributed by atoms with Gasteiger partial charge in [-0.2, -0.15) is 0 Å². The smallest absolute Gasteiger partial charge is 0.197 e. The van der Waals surface area contributed by atoms with Gasteiger partial charge in [-0.25, -0.2) is 4.98 Å². The average molecular weight is 198 g/mol. The largest absolute Gasteiger partial charge is 0.478 e. The fraction of sp³-hybridized carbons (Fsp3) is 0.667. The summed E-state index contributed by atoms with van der Waals surface area (Å²) in [6, 6.07) is 0. The molecule has 0 aliphatic carbocycles. The number of nitrogens with one attached hydrogen (secondary N) is 1. The number of ether oxygens (including phenoxy) is 1. The molecule has 1 fully saturated rings. The quantitative estimate of drug-likeness (QED) is 0.783. The summed E-state index contributed by atoms with van der Waals surface area (Å²) >= 11 is 1.58. The molecule has 0 radical (unpaired) electrons. The molecule has 1 aromatic rings. The Labute approximate surface area is 82.1 Å². The molecule has 1 aliphatic rings. The molecule has 1 saturated heterocycles. The standard InChI is InChI=1S/C9H14N2OS/c1-7-9(13-6-11-7)12-8-3-2-4-10-5-8/h6,8,10H,2-5H2,1H3. The maximum absolute atomic E-state index is 5.82. The first-order chi connectivity index (χ1) is 6.36. The Morgan fingerprint density at radius 2 is 2.62 bits per heavy atom. The maximum Gasteiger partial charge on any atom is 0.197 e. The van der Waals surface area contributed by atoms with E-state index in [1.54, 1.807) is 11.3 Å². The fourth-order valence-corrected chi connectivity index (χ4v) is 2.20. The van der Waals surface area contributed by atoms with E-state index in [9.17, 15) is 0 Å². The number of aromatic nitrogens is 1. The van der Waals surface area contributed by atoms with Crippen molar-refractivity contribution in [2.24, 2.45) is 0 Å². The van der Waals surface area contributed by atoms with Crippen LogP contribution in [0.4, 0.5) is 0 Å². The first-order valence-electron chi connectivity index (χ1n) is 4.64. The van der Waals surface area contributed by atoms with Gasteiger partial charge >= 0.3 is 0 Å². The van der Waals surface area contributed by atoms with E-state index in [2.05, 4.69) is 10.3 Å². The molecule has 2 heterocycles. The number of thiazole rings is 1. The van der Waals surface area contributed by atoms with Gasteiger partial charge in [-0.05, 0) is 26.3 Å². The predicted octanol–water partition coefficient (Wildman–Crippen LogP) is 1.58. The number of piperidine rings is 1. The lowest BCUT2D eigenvalue weighted by atomic mass is 10.1. The zero-order chi connectivity index (χ0) is 9.10. The highest BCUT2D eigenvalue weighted by molar-refractivity contribution is 7.11. The summed E-state index contributed by atoms with van der Waals surface area (Å²) in [6.45, 7) is 4.08. The third-order valence-corrected chi connectivity index (χ3v) is 3.04. The zero-order valence-electron chi connectivity index (χ0n) is 7.75. The summed E-state index contributed by atoms with van der Waals surface area (Å²) in [5.41, 5.74) is 2.84. The van der Waals surface area contributed by atoms with Crippen molar-refractivity contribution < 1.29 is 4.74 Å². The van der Waals surface area contributed by atoms with E-state index in [-0.39, 0.29) is 0 Å². The SMILES string of the molecule is Cc1ncsc1OC1CCCNC1. The second-order valence-electron chi connectivity index (χ2n) is 3.31. The van der Waals surface area contributed by atoms with Crippen LogP contribution in [-0.4, -0.2) is 24.2 Å². The minimum absolute atomic E-state index is 0.341. The third kappa shape index (κ3) is 2.19. The topological polar surface area (TPSA) is 34.1 Å². The van der Waals surface area contributed by atoms with Gasteiger partial charge in [0.15, 0.2) is 5.06 Å². The van der Waals surface area contributed by atoms with E-state index in [1.165, 1.54) is 6.42 Å². The molecule has 0 spiro atoms. The molecule has 1 unspecified atom stereocenters. The minimum atomic E-state index is 0.341. The first-order valence-corrected chi connectivity index (χ1v) is 5.51. The van der Waals surface area contributed by atoms with E-state index < -0.39 is 0 Å². The van der Waals surface area contributed by atoms with Crippen molar-refractivity contribution in [1.82, 2.24) is 10.3 Å². The van der Waals surface area contributed by atoms with Crippen molar-refractivity contribution in [1.29, 1.82) is 0 Å². The van der Waals surface area contributed by atoms with Crippen molar-refractivity contribution in [3.63, 3.8) is 0 Å². The van der Waals surface area contributed by atoms with Gasteiger partial charge in [0.05, 0.1) is 11.2 Å². The van der Waals surface area contributed by atoms with Crippen molar-refractivity contribution in [3.8, 4) is 5.06 Å². The molecule has 1 aliphatic heterocycles. The number of aryl methyl sites for hydroxylation is 1. The lowest BCUT2D eigenvalue weighted by Gasteiger charge is -2.23. The average Bonchev–Trinajstić information content (AvgIpc) is 2.54. The third-order valence-electron chi connectivity index (χ3n) is 2.23. The Kier molecular flexibility index (Phi) is 2.80. The summed E-state index contributed by atoms with van der Waals surface area (Å²) in [6.07, 6.45) is 2.71. The van der Waals surface area contributed by atoms with Crippen molar-refractivity contribution in [3.05, 3.63) is 11.2 Å². The van der Waals surface area contributed by atoms with Crippen LogP contribution in [0.25, 0.3) is 0 Å². The molecule has 0 bridgehead atoms. The van der Waals surface area contributed by atoms with Gasteiger partial charge in [-0.15, -0.1) is 0 Å². The molecule has 3 nitrogen and oxygen atoms in total. The maximum atomic E-state index is 5.82. The molecule has 1 atom stereocenters. The van der Waals surface area contributed by atoms with Crippen LogP contribution in [0.5, 0.6) is 5.06 Å². The molecule has 1 aromatic heterocycles. The van der Waals surface area contributed by atoms with Gasteiger partial charge < -0.3 is 10.1 Å². The van der Waals surface area contributed by atoms with E-state index in [0.717, 1.165) is 30.3 Å². The predicted molar refractivity (Wildman–Crippen MR) is 53.4 cm³/mol. The summed E-state index contributed by atoms with van der Waals surface area (Å²) in [7, 11) is 0. The number of hydrogen-bond donors (Lipinski definition) is 1. The number of rotatable bonds is 2.